The van der Waals surface area contributed by atoms with Crippen molar-refractivity contribution in [3.8, 4) is 17.9 Å². The van der Waals surface area contributed by atoms with E-state index in [-0.39, 0.29) is 16.9 Å². The molecule has 0 amide bonds. The van der Waals surface area contributed by atoms with Crippen LogP contribution in [0.2, 0.25) is 0 Å². The summed E-state index contributed by atoms with van der Waals surface area (Å²) in [7, 11) is -3.42. The molecule has 4 aromatic carbocycles. The first-order chi connectivity index (χ1) is 16.9. The topological polar surface area (TPSA) is 95.2 Å². The van der Waals surface area contributed by atoms with Crippen molar-refractivity contribution in [2.45, 2.75) is 17.7 Å². The minimum atomic E-state index is -3.42. The number of hydrogen-bond acceptors (Lipinski definition) is 4. The molecule has 0 heterocycles. The zero-order valence-corrected chi connectivity index (χ0v) is 19.5. The molecule has 5 nitrogen and oxygen atoms in total. The zero-order chi connectivity index (χ0) is 24.8. The number of carboxylic acid groups (broad SMARTS) is 1. The standard InChI is InChI=1S/C29H21NO4S/c30-20-26-18-21(12-16-28(26)29(31)32)11-13-23-7-2-1-6-22(23)10-5-17-35(33,34)27-15-14-24-8-3-4-9-25(24)19-27/h1-4,6-9,12,14-16,18-19H,5,10,17H2,(H,31,32). The van der Waals surface area contributed by atoms with Crippen molar-refractivity contribution in [1.29, 1.82) is 5.26 Å². The van der Waals surface area contributed by atoms with E-state index in [0.717, 1.165) is 21.9 Å². The molecule has 0 aliphatic heterocycles. The molecule has 0 unspecified atom stereocenters. The fourth-order valence-electron chi connectivity index (χ4n) is 3.83. The largest absolute Gasteiger partial charge is 0.478 e. The number of nitrogens with zero attached hydrogens (tertiary/aromatic N) is 1. The van der Waals surface area contributed by atoms with Gasteiger partial charge < -0.3 is 5.11 Å². The molecule has 0 bridgehead atoms. The third-order valence-corrected chi connectivity index (χ3v) is 7.47. The van der Waals surface area contributed by atoms with Crippen molar-refractivity contribution in [3.05, 3.63) is 113 Å². The van der Waals surface area contributed by atoms with Crippen LogP contribution in [-0.2, 0) is 16.3 Å². The van der Waals surface area contributed by atoms with Gasteiger partial charge in [0.15, 0.2) is 9.84 Å². The second kappa shape index (κ2) is 10.3. The highest BCUT2D eigenvalue weighted by Crippen LogP contribution is 2.21. The number of aryl methyl sites for hydroxylation is 1. The number of aromatic carboxylic acids is 1. The lowest BCUT2D eigenvalue weighted by Crippen LogP contribution is -2.08. The van der Waals surface area contributed by atoms with E-state index in [1.807, 2.05) is 60.7 Å². The Kier molecular flexibility index (Phi) is 6.96. The van der Waals surface area contributed by atoms with Gasteiger partial charge in [-0.15, -0.1) is 0 Å². The van der Waals surface area contributed by atoms with Gasteiger partial charge in [-0.2, -0.15) is 5.26 Å². The van der Waals surface area contributed by atoms with Gasteiger partial charge in [0.25, 0.3) is 0 Å². The molecule has 1 N–H and O–H groups in total. The summed E-state index contributed by atoms with van der Waals surface area (Å²) in [5, 5.41) is 20.3. The maximum absolute atomic E-state index is 12.9. The van der Waals surface area contributed by atoms with Crippen molar-refractivity contribution >= 4 is 26.6 Å². The molecule has 0 spiro atoms. The molecular formula is C29H21NO4S. The Hall–Kier alpha value is -4.39. The fourth-order valence-corrected chi connectivity index (χ4v) is 5.17. The van der Waals surface area contributed by atoms with E-state index in [4.69, 9.17) is 5.11 Å². The van der Waals surface area contributed by atoms with Crippen LogP contribution in [0.5, 0.6) is 0 Å². The monoisotopic (exact) mass is 479 g/mol. The van der Waals surface area contributed by atoms with Gasteiger partial charge in [-0.25, -0.2) is 13.2 Å². The van der Waals surface area contributed by atoms with Gasteiger partial charge in [0.2, 0.25) is 0 Å². The highest BCUT2D eigenvalue weighted by Gasteiger charge is 2.15. The average Bonchev–Trinajstić information content (AvgIpc) is 2.87. The number of rotatable bonds is 6. The van der Waals surface area contributed by atoms with Crippen LogP contribution in [-0.4, -0.2) is 25.2 Å². The summed E-state index contributed by atoms with van der Waals surface area (Å²) in [5.74, 6) is 4.91. The second-order valence-electron chi connectivity index (χ2n) is 8.02. The number of sulfone groups is 1. The third kappa shape index (κ3) is 5.58. The smallest absolute Gasteiger partial charge is 0.337 e. The van der Waals surface area contributed by atoms with Crippen LogP contribution < -0.4 is 0 Å². The molecule has 0 fully saturated rings. The molecule has 172 valence electrons. The van der Waals surface area contributed by atoms with Gasteiger partial charge in [-0.05, 0) is 65.6 Å². The minimum Gasteiger partial charge on any atom is -0.478 e. The van der Waals surface area contributed by atoms with Gasteiger partial charge in [0.1, 0.15) is 6.07 Å². The zero-order valence-electron chi connectivity index (χ0n) is 18.7. The summed E-state index contributed by atoms with van der Waals surface area (Å²) in [4.78, 5) is 11.5. The van der Waals surface area contributed by atoms with E-state index in [1.54, 1.807) is 18.2 Å². The Balaban J connectivity index is 1.49. The summed E-state index contributed by atoms with van der Waals surface area (Å²) in [6.45, 7) is 0. The predicted octanol–water partition coefficient (Wildman–Crippen LogP) is 5.22. The molecular weight excluding hydrogens is 458 g/mol. The molecule has 0 aliphatic rings. The van der Waals surface area contributed by atoms with Crippen LogP contribution in [0.3, 0.4) is 0 Å². The van der Waals surface area contributed by atoms with Crippen molar-refractivity contribution in [1.82, 2.24) is 0 Å². The normalized spacial score (nSPS) is 10.8. The van der Waals surface area contributed by atoms with E-state index in [2.05, 4.69) is 11.8 Å². The molecule has 0 aromatic heterocycles. The Bertz CT molecular complexity index is 1640. The van der Waals surface area contributed by atoms with Crippen molar-refractivity contribution in [3.63, 3.8) is 0 Å². The minimum absolute atomic E-state index is 0.0231. The molecule has 4 rings (SSSR count). The average molecular weight is 480 g/mol. The first-order valence-electron chi connectivity index (χ1n) is 11.0. The van der Waals surface area contributed by atoms with Gasteiger partial charge in [-0.1, -0.05) is 60.4 Å². The van der Waals surface area contributed by atoms with Gasteiger partial charge in [0, 0.05) is 11.1 Å². The quantitative estimate of drug-likeness (QED) is 0.383. The highest BCUT2D eigenvalue weighted by atomic mass is 32.2. The Morgan fingerprint density at radius 2 is 1.57 bits per heavy atom. The van der Waals surface area contributed by atoms with E-state index >= 15 is 0 Å². The summed E-state index contributed by atoms with van der Waals surface area (Å²) >= 11 is 0. The maximum atomic E-state index is 12.9. The van der Waals surface area contributed by atoms with E-state index in [0.29, 0.717) is 23.3 Å². The lowest BCUT2D eigenvalue weighted by atomic mass is 10.0. The van der Waals surface area contributed by atoms with Crippen LogP contribution >= 0.6 is 0 Å². The first-order valence-corrected chi connectivity index (χ1v) is 12.6. The fraction of sp³-hybridized carbons (Fsp3) is 0.103. The van der Waals surface area contributed by atoms with Gasteiger partial charge in [-0.3, -0.25) is 0 Å². The predicted molar refractivity (Wildman–Crippen MR) is 135 cm³/mol. The van der Waals surface area contributed by atoms with E-state index < -0.39 is 15.8 Å². The number of benzene rings is 4. The van der Waals surface area contributed by atoms with E-state index in [9.17, 15) is 18.5 Å². The number of fused-ring (bicyclic) bond motifs is 1. The molecule has 0 aliphatic carbocycles. The van der Waals surface area contributed by atoms with Crippen LogP contribution in [0.15, 0.2) is 89.8 Å². The summed E-state index contributed by atoms with van der Waals surface area (Å²) in [6.07, 6.45) is 0.985. The Morgan fingerprint density at radius 3 is 2.34 bits per heavy atom. The van der Waals surface area contributed by atoms with E-state index in [1.165, 1.54) is 12.1 Å². The summed E-state index contributed by atoms with van der Waals surface area (Å²) < 4.78 is 25.8. The Morgan fingerprint density at radius 1 is 0.829 bits per heavy atom. The molecule has 4 aromatic rings. The summed E-state index contributed by atoms with van der Waals surface area (Å²) in [5.41, 5.74) is 2.20. The van der Waals surface area contributed by atoms with Crippen molar-refractivity contribution in [2.75, 3.05) is 5.75 Å². The lowest BCUT2D eigenvalue weighted by molar-refractivity contribution is 0.0696. The number of carbonyl (C=O) groups is 1. The van der Waals surface area contributed by atoms with Crippen molar-refractivity contribution in [2.24, 2.45) is 0 Å². The number of hydrogen-bond donors (Lipinski definition) is 1. The first kappa shape index (κ1) is 23.8. The maximum Gasteiger partial charge on any atom is 0.337 e. The summed E-state index contributed by atoms with van der Waals surface area (Å²) in [6, 6.07) is 26.6. The van der Waals surface area contributed by atoms with Gasteiger partial charge >= 0.3 is 5.97 Å². The molecule has 0 saturated carbocycles. The molecule has 0 radical (unpaired) electrons. The highest BCUT2D eigenvalue weighted by molar-refractivity contribution is 7.91. The Labute approximate surface area is 204 Å². The van der Waals surface area contributed by atoms with Crippen LogP contribution in [0.25, 0.3) is 10.8 Å². The molecule has 6 heteroatoms. The van der Waals surface area contributed by atoms with Crippen molar-refractivity contribution < 1.29 is 18.3 Å². The van der Waals surface area contributed by atoms with Crippen LogP contribution in [0.4, 0.5) is 0 Å². The lowest BCUT2D eigenvalue weighted by Gasteiger charge is -2.08. The molecule has 0 atom stereocenters. The van der Waals surface area contributed by atoms with Gasteiger partial charge in [0.05, 0.1) is 21.8 Å². The molecule has 0 saturated heterocycles. The van der Waals surface area contributed by atoms with Crippen LogP contribution in [0.1, 0.15) is 39.0 Å². The number of carboxylic acids is 1. The second-order valence-corrected chi connectivity index (χ2v) is 10.1. The number of nitriles is 1. The third-order valence-electron chi connectivity index (χ3n) is 5.67. The molecule has 35 heavy (non-hydrogen) atoms. The van der Waals surface area contributed by atoms with Crippen LogP contribution in [0, 0.1) is 23.2 Å². The SMILES string of the molecule is N#Cc1cc(C#Cc2ccccc2CCCS(=O)(=O)c2ccc3ccccc3c2)ccc1C(=O)O.